The highest BCUT2D eigenvalue weighted by Gasteiger charge is 2.23. The molecule has 0 atom stereocenters. The minimum atomic E-state index is -0.780. The normalized spacial score (nSPS) is 15.6. The minimum absolute atomic E-state index is 0.0526. The Bertz CT molecular complexity index is 641. The van der Waals surface area contributed by atoms with Gasteiger partial charge >= 0.3 is 5.97 Å². The van der Waals surface area contributed by atoms with Crippen LogP contribution in [0.25, 0.3) is 0 Å². The fourth-order valence-electron chi connectivity index (χ4n) is 2.66. The molecule has 1 aliphatic rings. The maximum atomic E-state index is 12.1. The molecule has 24 heavy (non-hydrogen) atoms. The second-order valence-corrected chi connectivity index (χ2v) is 5.79. The van der Waals surface area contributed by atoms with E-state index in [0.29, 0.717) is 38.9 Å². The van der Waals surface area contributed by atoms with E-state index in [1.807, 2.05) is 41.3 Å². The molecule has 6 nitrogen and oxygen atoms in total. The lowest BCUT2D eigenvalue weighted by Crippen LogP contribution is -2.34. The average Bonchev–Trinajstić information content (AvgIpc) is 2.60. The summed E-state index contributed by atoms with van der Waals surface area (Å²) in [5, 5.41) is 20.9. The van der Waals surface area contributed by atoms with Crippen molar-refractivity contribution in [1.29, 1.82) is 5.26 Å². The van der Waals surface area contributed by atoms with Crippen LogP contribution in [-0.4, -0.2) is 41.5 Å². The first kappa shape index (κ1) is 17.5. The Morgan fingerprint density at radius 3 is 2.54 bits per heavy atom. The van der Waals surface area contributed by atoms with E-state index in [-0.39, 0.29) is 11.5 Å². The standard InChI is InChI=1S/C18H21N3O3/c19-12-16(13-21-10-7-15(8-11-21)18(23)24)17(22)20-9-6-14-4-2-1-3-5-14/h1-5,13,15H,6-11H2,(H,20,22)(H,23,24). The summed E-state index contributed by atoms with van der Waals surface area (Å²) in [6, 6.07) is 11.7. The highest BCUT2D eigenvalue weighted by Crippen LogP contribution is 2.18. The molecule has 0 bridgehead atoms. The van der Waals surface area contributed by atoms with E-state index in [9.17, 15) is 14.9 Å². The summed E-state index contributed by atoms with van der Waals surface area (Å²) in [6.45, 7) is 1.54. The molecule has 0 saturated carbocycles. The zero-order valence-electron chi connectivity index (χ0n) is 13.4. The van der Waals surface area contributed by atoms with Gasteiger partial charge in [0, 0.05) is 25.8 Å². The topological polar surface area (TPSA) is 93.4 Å². The fraction of sp³-hybridized carbons (Fsp3) is 0.389. The molecule has 0 unspecified atom stereocenters. The van der Waals surface area contributed by atoms with Crippen molar-refractivity contribution in [3.8, 4) is 6.07 Å². The number of amides is 1. The first-order chi connectivity index (χ1) is 11.6. The Balaban J connectivity index is 1.83. The summed E-state index contributed by atoms with van der Waals surface area (Å²) in [7, 11) is 0. The molecule has 1 aliphatic heterocycles. The number of carbonyl (C=O) groups excluding carboxylic acids is 1. The molecule has 1 aromatic rings. The van der Waals surface area contributed by atoms with Gasteiger partial charge in [0.05, 0.1) is 5.92 Å². The number of hydrogen-bond acceptors (Lipinski definition) is 4. The number of carbonyl (C=O) groups is 2. The molecular formula is C18H21N3O3. The second kappa shape index (κ2) is 8.73. The van der Waals surface area contributed by atoms with E-state index in [1.165, 1.54) is 6.20 Å². The fourth-order valence-corrected chi connectivity index (χ4v) is 2.66. The van der Waals surface area contributed by atoms with Gasteiger partial charge in [-0.1, -0.05) is 30.3 Å². The lowest BCUT2D eigenvalue weighted by molar-refractivity contribution is -0.143. The van der Waals surface area contributed by atoms with Gasteiger partial charge in [-0.05, 0) is 24.8 Å². The Hall–Kier alpha value is -2.81. The third kappa shape index (κ3) is 5.13. The SMILES string of the molecule is N#CC(=CN1CCC(C(=O)O)CC1)C(=O)NCCc1ccccc1. The molecular weight excluding hydrogens is 306 g/mol. The number of nitrogens with one attached hydrogen (secondary N) is 1. The van der Waals surface area contributed by atoms with Gasteiger partial charge in [0.25, 0.3) is 5.91 Å². The number of benzene rings is 1. The average molecular weight is 327 g/mol. The molecule has 0 aliphatic carbocycles. The Kier molecular flexibility index (Phi) is 6.38. The molecule has 126 valence electrons. The highest BCUT2D eigenvalue weighted by atomic mass is 16.4. The summed E-state index contributed by atoms with van der Waals surface area (Å²) in [6.07, 6.45) is 3.30. The molecule has 1 fully saturated rings. The predicted octanol–water partition coefficient (Wildman–Crippen LogP) is 1.55. The van der Waals surface area contributed by atoms with Crippen molar-refractivity contribution in [2.75, 3.05) is 19.6 Å². The van der Waals surface area contributed by atoms with Crippen LogP contribution in [0.2, 0.25) is 0 Å². The summed E-state index contributed by atoms with van der Waals surface area (Å²) >= 11 is 0. The zero-order chi connectivity index (χ0) is 17.4. The number of aliphatic carboxylic acids is 1. The van der Waals surface area contributed by atoms with Crippen LogP contribution in [0.3, 0.4) is 0 Å². The molecule has 1 heterocycles. The Morgan fingerprint density at radius 1 is 1.29 bits per heavy atom. The Labute approximate surface area is 141 Å². The smallest absolute Gasteiger partial charge is 0.306 e. The number of carboxylic acid groups (broad SMARTS) is 1. The number of hydrogen-bond donors (Lipinski definition) is 2. The maximum Gasteiger partial charge on any atom is 0.306 e. The van der Waals surface area contributed by atoms with Crippen molar-refractivity contribution in [1.82, 2.24) is 10.2 Å². The van der Waals surface area contributed by atoms with Gasteiger partial charge in [-0.2, -0.15) is 5.26 Å². The van der Waals surface area contributed by atoms with E-state index in [4.69, 9.17) is 5.11 Å². The largest absolute Gasteiger partial charge is 0.481 e. The Morgan fingerprint density at radius 2 is 1.96 bits per heavy atom. The first-order valence-corrected chi connectivity index (χ1v) is 8.01. The van der Waals surface area contributed by atoms with Crippen LogP contribution in [-0.2, 0) is 16.0 Å². The van der Waals surface area contributed by atoms with Crippen LogP contribution in [0.5, 0.6) is 0 Å². The van der Waals surface area contributed by atoms with Crippen LogP contribution in [0.4, 0.5) is 0 Å². The summed E-state index contributed by atoms with van der Waals surface area (Å²) in [5.41, 5.74) is 1.17. The second-order valence-electron chi connectivity index (χ2n) is 5.79. The molecule has 1 amide bonds. The van der Waals surface area contributed by atoms with Crippen molar-refractivity contribution >= 4 is 11.9 Å². The van der Waals surface area contributed by atoms with Crippen LogP contribution in [0, 0.1) is 17.2 Å². The number of nitrogens with zero attached hydrogens (tertiary/aromatic N) is 2. The van der Waals surface area contributed by atoms with Crippen LogP contribution in [0.1, 0.15) is 18.4 Å². The van der Waals surface area contributed by atoms with Crippen LogP contribution < -0.4 is 5.32 Å². The van der Waals surface area contributed by atoms with Crippen molar-refractivity contribution in [2.24, 2.45) is 5.92 Å². The van der Waals surface area contributed by atoms with Crippen molar-refractivity contribution in [3.05, 3.63) is 47.7 Å². The minimum Gasteiger partial charge on any atom is -0.481 e. The number of nitriles is 1. The molecule has 1 saturated heterocycles. The maximum absolute atomic E-state index is 12.1. The van der Waals surface area contributed by atoms with Gasteiger partial charge in [0.2, 0.25) is 0 Å². The number of piperidine rings is 1. The van der Waals surface area contributed by atoms with Gasteiger partial charge in [-0.25, -0.2) is 0 Å². The molecule has 0 radical (unpaired) electrons. The summed E-state index contributed by atoms with van der Waals surface area (Å²) in [5.74, 6) is -1.51. The molecule has 2 N–H and O–H groups in total. The number of carboxylic acids is 1. The molecule has 6 heteroatoms. The van der Waals surface area contributed by atoms with Gasteiger partial charge in [0.1, 0.15) is 11.6 Å². The van der Waals surface area contributed by atoms with E-state index in [2.05, 4.69) is 5.32 Å². The molecule has 0 spiro atoms. The van der Waals surface area contributed by atoms with Crippen molar-refractivity contribution in [2.45, 2.75) is 19.3 Å². The molecule has 1 aromatic carbocycles. The third-order valence-electron chi connectivity index (χ3n) is 4.10. The van der Waals surface area contributed by atoms with Crippen LogP contribution in [0.15, 0.2) is 42.1 Å². The van der Waals surface area contributed by atoms with Gasteiger partial charge < -0.3 is 15.3 Å². The number of likely N-dealkylation sites (tertiary alicyclic amines) is 1. The van der Waals surface area contributed by atoms with E-state index in [0.717, 1.165) is 5.56 Å². The zero-order valence-corrected chi connectivity index (χ0v) is 13.4. The van der Waals surface area contributed by atoms with E-state index >= 15 is 0 Å². The lowest BCUT2D eigenvalue weighted by atomic mass is 9.97. The predicted molar refractivity (Wildman–Crippen MR) is 88.8 cm³/mol. The summed E-state index contributed by atoms with van der Waals surface area (Å²) in [4.78, 5) is 24.9. The van der Waals surface area contributed by atoms with Gasteiger partial charge in [-0.3, -0.25) is 9.59 Å². The third-order valence-corrected chi connectivity index (χ3v) is 4.10. The quantitative estimate of drug-likeness (QED) is 0.611. The van der Waals surface area contributed by atoms with Crippen molar-refractivity contribution in [3.63, 3.8) is 0 Å². The molecule has 2 rings (SSSR count). The van der Waals surface area contributed by atoms with E-state index < -0.39 is 11.9 Å². The lowest BCUT2D eigenvalue weighted by Gasteiger charge is -2.29. The first-order valence-electron chi connectivity index (χ1n) is 8.01. The number of rotatable bonds is 6. The van der Waals surface area contributed by atoms with Gasteiger partial charge in [-0.15, -0.1) is 0 Å². The summed E-state index contributed by atoms with van der Waals surface area (Å²) < 4.78 is 0. The van der Waals surface area contributed by atoms with Gasteiger partial charge in [0.15, 0.2) is 0 Å². The molecule has 0 aromatic heterocycles. The van der Waals surface area contributed by atoms with E-state index in [1.54, 1.807) is 0 Å². The van der Waals surface area contributed by atoms with Crippen LogP contribution >= 0.6 is 0 Å². The van der Waals surface area contributed by atoms with Crippen molar-refractivity contribution < 1.29 is 14.7 Å². The highest BCUT2D eigenvalue weighted by molar-refractivity contribution is 5.97. The monoisotopic (exact) mass is 327 g/mol.